The summed E-state index contributed by atoms with van der Waals surface area (Å²) in [4.78, 5) is 18.0. The second-order valence-corrected chi connectivity index (χ2v) is 7.44. The number of amides is 1. The fourth-order valence-electron chi connectivity index (χ4n) is 3.11. The summed E-state index contributed by atoms with van der Waals surface area (Å²) < 4.78 is 5.46. The van der Waals surface area contributed by atoms with Crippen LogP contribution in [-0.2, 0) is 0 Å². The minimum Gasteiger partial charge on any atom is -0.333 e. The van der Waals surface area contributed by atoms with Crippen molar-refractivity contribution >= 4 is 33.8 Å². The number of rotatable bonds is 4. The van der Waals surface area contributed by atoms with E-state index in [0.29, 0.717) is 28.0 Å². The molecule has 1 amide bonds. The first-order valence-corrected chi connectivity index (χ1v) is 9.80. The van der Waals surface area contributed by atoms with E-state index in [1.807, 2.05) is 66.9 Å². The Morgan fingerprint density at radius 3 is 2.93 bits per heavy atom. The van der Waals surface area contributed by atoms with Crippen LogP contribution < -0.4 is 5.32 Å². The number of thiophene rings is 1. The fraction of sp³-hybridized carbons (Fsp3) is 0.0476. The summed E-state index contributed by atoms with van der Waals surface area (Å²) >= 11 is 1.42. The number of para-hydroxylation sites is 1. The highest BCUT2D eigenvalue weighted by Gasteiger charge is 2.20. The number of benzene rings is 2. The second kappa shape index (κ2) is 6.99. The molecule has 0 bridgehead atoms. The molecule has 0 aliphatic rings. The molecule has 7 nitrogen and oxygen atoms in total. The number of fused-ring (bicyclic) bond motifs is 1. The van der Waals surface area contributed by atoms with Gasteiger partial charge in [-0.25, -0.2) is 0 Å². The quantitative estimate of drug-likeness (QED) is 0.446. The molecule has 0 spiro atoms. The van der Waals surface area contributed by atoms with Crippen molar-refractivity contribution in [1.82, 2.24) is 20.3 Å². The Morgan fingerprint density at radius 2 is 2.03 bits per heavy atom. The van der Waals surface area contributed by atoms with Gasteiger partial charge in [0, 0.05) is 10.9 Å². The molecule has 0 aliphatic carbocycles. The summed E-state index contributed by atoms with van der Waals surface area (Å²) in [6.07, 6.45) is 0. The smallest absolute Gasteiger partial charge is 0.276 e. The van der Waals surface area contributed by atoms with Crippen molar-refractivity contribution in [3.8, 4) is 22.2 Å². The third-order valence-corrected chi connectivity index (χ3v) is 5.40. The zero-order valence-electron chi connectivity index (χ0n) is 15.3. The van der Waals surface area contributed by atoms with Gasteiger partial charge in [0.05, 0.1) is 11.2 Å². The number of carbonyl (C=O) groups excluding carboxylic acids is 1. The van der Waals surface area contributed by atoms with Gasteiger partial charge in [-0.2, -0.15) is 10.1 Å². The van der Waals surface area contributed by atoms with E-state index in [9.17, 15) is 4.79 Å². The van der Waals surface area contributed by atoms with Crippen LogP contribution in [0, 0.1) is 6.92 Å². The van der Waals surface area contributed by atoms with Crippen molar-refractivity contribution in [1.29, 1.82) is 0 Å². The van der Waals surface area contributed by atoms with Crippen LogP contribution in [0.2, 0.25) is 0 Å². The predicted octanol–water partition coefficient (Wildman–Crippen LogP) is 4.90. The van der Waals surface area contributed by atoms with Gasteiger partial charge < -0.3 is 9.84 Å². The maximum atomic E-state index is 12.8. The zero-order chi connectivity index (χ0) is 19.8. The van der Waals surface area contributed by atoms with Gasteiger partial charge in [0.15, 0.2) is 5.69 Å². The van der Waals surface area contributed by atoms with Crippen molar-refractivity contribution in [2.24, 2.45) is 0 Å². The first kappa shape index (κ1) is 17.3. The number of nitrogens with zero attached hydrogens (tertiary/aromatic N) is 3. The van der Waals surface area contributed by atoms with E-state index < -0.39 is 0 Å². The molecule has 3 heterocycles. The van der Waals surface area contributed by atoms with Gasteiger partial charge in [-0.3, -0.25) is 9.89 Å². The molecule has 3 aromatic heterocycles. The van der Waals surface area contributed by atoms with E-state index in [2.05, 4.69) is 25.7 Å². The minimum absolute atomic E-state index is 0.305. The minimum atomic E-state index is -0.305. The van der Waals surface area contributed by atoms with Crippen molar-refractivity contribution in [3.63, 3.8) is 0 Å². The summed E-state index contributed by atoms with van der Waals surface area (Å²) in [7, 11) is 0. The standard InChI is InChI=1S/C21H15N5O2S/c1-12-5-4-6-13(11-12)19-23-21(28-26-19)18-16(9-10-29-18)22-20(27)17-14-7-2-3-8-15(14)24-25-17/h2-11H,1H3,(H,22,27)(H,24,25). The Bertz CT molecular complexity index is 1330. The first-order valence-electron chi connectivity index (χ1n) is 8.92. The molecule has 5 rings (SSSR count). The predicted molar refractivity (Wildman–Crippen MR) is 112 cm³/mol. The molecule has 0 unspecified atom stereocenters. The molecule has 0 atom stereocenters. The zero-order valence-corrected chi connectivity index (χ0v) is 16.2. The van der Waals surface area contributed by atoms with Crippen LogP contribution in [0.25, 0.3) is 33.1 Å². The SMILES string of the molecule is Cc1cccc(-c2noc(-c3sccc3NC(=O)c3n[nH]c4ccccc34)n2)c1. The summed E-state index contributed by atoms with van der Waals surface area (Å²) in [5.74, 6) is 0.562. The topological polar surface area (TPSA) is 96.7 Å². The molecule has 2 aromatic carbocycles. The highest BCUT2D eigenvalue weighted by Crippen LogP contribution is 2.34. The first-order chi connectivity index (χ1) is 14.2. The molecule has 2 N–H and O–H groups in total. The van der Waals surface area contributed by atoms with Crippen molar-refractivity contribution < 1.29 is 9.32 Å². The molecule has 0 fully saturated rings. The van der Waals surface area contributed by atoms with E-state index in [0.717, 1.165) is 22.0 Å². The molecule has 8 heteroatoms. The third kappa shape index (κ3) is 3.19. The van der Waals surface area contributed by atoms with Crippen LogP contribution in [0.1, 0.15) is 16.1 Å². The number of nitrogens with one attached hydrogen (secondary N) is 2. The van der Waals surface area contributed by atoms with Crippen LogP contribution in [0.3, 0.4) is 0 Å². The highest BCUT2D eigenvalue weighted by molar-refractivity contribution is 7.14. The Balaban J connectivity index is 1.44. The average molecular weight is 401 g/mol. The van der Waals surface area contributed by atoms with Crippen LogP contribution in [0.5, 0.6) is 0 Å². The molecule has 0 radical (unpaired) electrons. The van der Waals surface area contributed by atoms with Gasteiger partial charge in [0.25, 0.3) is 11.8 Å². The highest BCUT2D eigenvalue weighted by atomic mass is 32.1. The van der Waals surface area contributed by atoms with E-state index in [1.54, 1.807) is 0 Å². The number of aromatic amines is 1. The molecule has 142 valence electrons. The summed E-state index contributed by atoms with van der Waals surface area (Å²) in [5, 5.41) is 16.6. The number of hydrogen-bond donors (Lipinski definition) is 2. The van der Waals surface area contributed by atoms with E-state index in [-0.39, 0.29) is 5.91 Å². The van der Waals surface area contributed by atoms with E-state index >= 15 is 0 Å². The van der Waals surface area contributed by atoms with E-state index in [4.69, 9.17) is 4.52 Å². The van der Waals surface area contributed by atoms with Crippen molar-refractivity contribution in [2.75, 3.05) is 5.32 Å². The molecular formula is C21H15N5O2S. The molecule has 0 aliphatic heterocycles. The van der Waals surface area contributed by atoms with Gasteiger partial charge in [0.2, 0.25) is 5.82 Å². The molecule has 0 saturated heterocycles. The number of carbonyl (C=O) groups is 1. The summed E-state index contributed by atoms with van der Waals surface area (Å²) in [5.41, 5.74) is 3.74. The van der Waals surface area contributed by atoms with Crippen LogP contribution >= 0.6 is 11.3 Å². The maximum Gasteiger partial charge on any atom is 0.276 e. The third-order valence-electron chi connectivity index (χ3n) is 4.50. The number of hydrogen-bond acceptors (Lipinski definition) is 6. The van der Waals surface area contributed by atoms with Crippen molar-refractivity contribution in [2.45, 2.75) is 6.92 Å². The lowest BCUT2D eigenvalue weighted by molar-refractivity contribution is 0.102. The number of H-pyrrole nitrogens is 1. The lowest BCUT2D eigenvalue weighted by atomic mass is 10.1. The monoisotopic (exact) mass is 401 g/mol. The van der Waals surface area contributed by atoms with Gasteiger partial charge in [-0.1, -0.05) is 47.1 Å². The van der Waals surface area contributed by atoms with Crippen molar-refractivity contribution in [3.05, 3.63) is 71.2 Å². The largest absolute Gasteiger partial charge is 0.333 e. The van der Waals surface area contributed by atoms with Crippen LogP contribution in [0.4, 0.5) is 5.69 Å². The Hall–Kier alpha value is -3.78. The van der Waals surface area contributed by atoms with E-state index in [1.165, 1.54) is 11.3 Å². The molecule has 29 heavy (non-hydrogen) atoms. The maximum absolute atomic E-state index is 12.8. The fourth-order valence-corrected chi connectivity index (χ4v) is 3.88. The lowest BCUT2D eigenvalue weighted by Crippen LogP contribution is -2.12. The summed E-state index contributed by atoms with van der Waals surface area (Å²) in [6.45, 7) is 2.01. The van der Waals surface area contributed by atoms with Gasteiger partial charge >= 0.3 is 0 Å². The van der Waals surface area contributed by atoms with Crippen LogP contribution in [0.15, 0.2) is 64.5 Å². The Kier molecular flexibility index (Phi) is 4.18. The van der Waals surface area contributed by atoms with Gasteiger partial charge in [-0.05, 0) is 30.5 Å². The second-order valence-electron chi connectivity index (χ2n) is 6.53. The van der Waals surface area contributed by atoms with Crippen LogP contribution in [-0.4, -0.2) is 26.2 Å². The molecule has 5 aromatic rings. The number of aromatic nitrogens is 4. The van der Waals surface area contributed by atoms with Gasteiger partial charge in [-0.15, -0.1) is 11.3 Å². The van der Waals surface area contributed by atoms with Gasteiger partial charge in [0.1, 0.15) is 4.88 Å². The molecular weight excluding hydrogens is 386 g/mol. The Labute approximate surface area is 169 Å². The lowest BCUT2D eigenvalue weighted by Gasteiger charge is -2.02. The normalized spacial score (nSPS) is 11.1. The Morgan fingerprint density at radius 1 is 1.14 bits per heavy atom. The molecule has 0 saturated carbocycles. The summed E-state index contributed by atoms with van der Waals surface area (Å²) in [6, 6.07) is 17.2. The average Bonchev–Trinajstić information content (AvgIpc) is 3.47. The number of aryl methyl sites for hydroxylation is 1. The number of anilines is 1.